The van der Waals surface area contributed by atoms with Crippen LogP contribution < -0.4 is 51.8 Å². The molecule has 53 heavy (non-hydrogen) atoms. The Morgan fingerprint density at radius 3 is 1.25 bits per heavy atom. The van der Waals surface area contributed by atoms with Gasteiger partial charge in [0.25, 0.3) is 0 Å². The predicted molar refractivity (Wildman–Crippen MR) is 199 cm³/mol. The van der Waals surface area contributed by atoms with Gasteiger partial charge in [-0.25, -0.2) is 0 Å². The quantitative estimate of drug-likeness (QED) is 0.128. The molecule has 6 aromatic carbocycles. The molecule has 264 valence electrons. The van der Waals surface area contributed by atoms with Crippen LogP contribution in [-0.4, -0.2) is 42.0 Å². The summed E-state index contributed by atoms with van der Waals surface area (Å²) in [4.78, 5) is 0. The predicted octanol–water partition coefficient (Wildman–Crippen LogP) is 7.54. The molecule has 10 rings (SSSR count). The van der Waals surface area contributed by atoms with Crippen molar-refractivity contribution in [2.24, 2.45) is 14.1 Å². The largest absolute Gasteiger partial charge is 0.493 e. The Hall–Kier alpha value is -6.62. The summed E-state index contributed by atoms with van der Waals surface area (Å²) in [5.74, 6) is 6.08. The zero-order valence-electron chi connectivity index (χ0n) is 29.9. The maximum Gasteiger partial charge on any atom is 0.390 e. The Kier molecular flexibility index (Phi) is 6.72. The van der Waals surface area contributed by atoms with E-state index in [2.05, 4.69) is 33.4 Å². The van der Waals surface area contributed by atoms with Crippen molar-refractivity contribution in [3.8, 4) is 57.8 Å². The van der Waals surface area contributed by atoms with Gasteiger partial charge in [0.1, 0.15) is 24.9 Å². The van der Waals surface area contributed by atoms with Crippen molar-refractivity contribution in [2.45, 2.75) is 0 Å². The van der Waals surface area contributed by atoms with Crippen molar-refractivity contribution in [1.29, 1.82) is 0 Å². The summed E-state index contributed by atoms with van der Waals surface area (Å²) >= 11 is 0. The minimum Gasteiger partial charge on any atom is -0.493 e. The Labute approximate surface area is 302 Å². The van der Waals surface area contributed by atoms with E-state index in [0.717, 1.165) is 64.9 Å². The van der Waals surface area contributed by atoms with Crippen molar-refractivity contribution >= 4 is 64.9 Å². The van der Waals surface area contributed by atoms with Gasteiger partial charge in [-0.3, -0.25) is 0 Å². The molecule has 0 fully saturated rings. The SMILES string of the molecule is COc1ccc2c(c1OC)c(Oc1c3c(OC)c(OC)ccc3c3ccc4cc5c(cc4c3[n+]1C)OCO5)[n+](C)c1c3cc4c(cc3ccc21)OCO4. The Bertz CT molecular complexity index is 2710. The summed E-state index contributed by atoms with van der Waals surface area (Å²) in [6.45, 7) is 0.356. The average Bonchev–Trinajstić information content (AvgIpc) is 3.85. The minimum atomic E-state index is 0.178. The molecule has 0 atom stereocenters. The number of ether oxygens (including phenoxy) is 9. The lowest BCUT2D eigenvalue weighted by atomic mass is 9.99. The van der Waals surface area contributed by atoms with E-state index in [0.29, 0.717) is 57.8 Å². The third-order valence-electron chi connectivity index (χ3n) is 10.5. The highest BCUT2D eigenvalue weighted by Crippen LogP contribution is 2.49. The summed E-state index contributed by atoms with van der Waals surface area (Å²) < 4.78 is 58.6. The molecule has 0 amide bonds. The molecule has 0 spiro atoms. The summed E-state index contributed by atoms with van der Waals surface area (Å²) in [5.41, 5.74) is 1.87. The number of fused-ring (bicyclic) bond motifs is 12. The topological polar surface area (TPSA) is 90.8 Å². The molecule has 0 aliphatic carbocycles. The minimum absolute atomic E-state index is 0.178. The first kappa shape index (κ1) is 31.1. The number of pyridine rings is 2. The smallest absolute Gasteiger partial charge is 0.390 e. The molecule has 0 saturated heterocycles. The third kappa shape index (κ3) is 4.27. The molecule has 4 heterocycles. The first-order valence-electron chi connectivity index (χ1n) is 17.1. The normalized spacial score (nSPS) is 13.2. The zero-order valence-corrected chi connectivity index (χ0v) is 29.9. The van der Waals surface area contributed by atoms with Crippen molar-refractivity contribution in [3.63, 3.8) is 0 Å². The Morgan fingerprint density at radius 2 is 0.849 bits per heavy atom. The fourth-order valence-corrected chi connectivity index (χ4v) is 8.15. The molecule has 11 heteroatoms. The van der Waals surface area contributed by atoms with E-state index in [1.165, 1.54) is 0 Å². The third-order valence-corrected chi connectivity index (χ3v) is 10.5. The van der Waals surface area contributed by atoms with Crippen LogP contribution in [0.3, 0.4) is 0 Å². The number of benzene rings is 6. The van der Waals surface area contributed by atoms with Crippen LogP contribution in [0.4, 0.5) is 0 Å². The number of nitrogens with zero attached hydrogens (tertiary/aromatic N) is 2. The van der Waals surface area contributed by atoms with Gasteiger partial charge >= 0.3 is 11.8 Å². The lowest BCUT2D eigenvalue weighted by molar-refractivity contribution is -0.667. The van der Waals surface area contributed by atoms with Crippen molar-refractivity contribution in [2.75, 3.05) is 42.0 Å². The van der Waals surface area contributed by atoms with E-state index in [9.17, 15) is 0 Å². The number of hydrogen-bond acceptors (Lipinski definition) is 9. The first-order chi connectivity index (χ1) is 25.9. The molecule has 0 bridgehead atoms. The van der Waals surface area contributed by atoms with Crippen LogP contribution in [-0.2, 0) is 14.1 Å². The second-order valence-corrected chi connectivity index (χ2v) is 13.1. The van der Waals surface area contributed by atoms with Gasteiger partial charge in [0.15, 0.2) is 46.0 Å². The molecule has 0 radical (unpaired) electrons. The Morgan fingerprint density at radius 1 is 0.453 bits per heavy atom. The molecule has 0 N–H and O–H groups in total. The molecular weight excluding hydrogens is 676 g/mol. The fourth-order valence-electron chi connectivity index (χ4n) is 8.15. The van der Waals surface area contributed by atoms with E-state index in [4.69, 9.17) is 42.6 Å². The van der Waals surface area contributed by atoms with E-state index >= 15 is 0 Å². The van der Waals surface area contributed by atoms with Gasteiger partial charge in [0.2, 0.25) is 24.6 Å². The lowest BCUT2D eigenvalue weighted by Gasteiger charge is -2.17. The van der Waals surface area contributed by atoms with Gasteiger partial charge in [-0.2, -0.15) is 9.13 Å². The molecule has 2 aromatic heterocycles. The van der Waals surface area contributed by atoms with Crippen LogP contribution in [0.25, 0.3) is 64.9 Å². The number of aryl methyl sites for hydroxylation is 2. The Balaban J connectivity index is 1.37. The molecule has 2 aliphatic rings. The van der Waals surface area contributed by atoms with E-state index in [1.54, 1.807) is 28.4 Å². The molecule has 0 unspecified atom stereocenters. The van der Waals surface area contributed by atoms with E-state index in [-0.39, 0.29) is 13.6 Å². The van der Waals surface area contributed by atoms with Crippen LogP contribution in [0, 0.1) is 0 Å². The summed E-state index contributed by atoms with van der Waals surface area (Å²) in [6, 6.07) is 24.5. The molecule has 0 saturated carbocycles. The van der Waals surface area contributed by atoms with Crippen molar-refractivity contribution in [3.05, 3.63) is 72.8 Å². The van der Waals surface area contributed by atoms with Gasteiger partial charge in [-0.1, -0.05) is 12.1 Å². The van der Waals surface area contributed by atoms with Gasteiger partial charge in [-0.15, -0.1) is 0 Å². The summed E-state index contributed by atoms with van der Waals surface area (Å²) in [6.07, 6.45) is 0. The lowest BCUT2D eigenvalue weighted by Crippen LogP contribution is -2.36. The van der Waals surface area contributed by atoms with Crippen molar-refractivity contribution < 1.29 is 51.8 Å². The van der Waals surface area contributed by atoms with Crippen LogP contribution >= 0.6 is 0 Å². The number of hydrogen-bond donors (Lipinski definition) is 0. The zero-order chi connectivity index (χ0) is 36.1. The molecular formula is C42H34N2O9+2. The highest BCUT2D eigenvalue weighted by Gasteiger charge is 2.35. The van der Waals surface area contributed by atoms with E-state index < -0.39 is 0 Å². The monoisotopic (exact) mass is 710 g/mol. The second-order valence-electron chi connectivity index (χ2n) is 13.1. The van der Waals surface area contributed by atoms with Gasteiger partial charge in [0, 0.05) is 10.8 Å². The summed E-state index contributed by atoms with van der Waals surface area (Å²) in [7, 11) is 10.5. The van der Waals surface area contributed by atoms with Crippen LogP contribution in [0.1, 0.15) is 0 Å². The van der Waals surface area contributed by atoms with E-state index in [1.807, 2.05) is 62.6 Å². The highest BCUT2D eigenvalue weighted by atomic mass is 16.7. The maximum absolute atomic E-state index is 7.39. The van der Waals surface area contributed by atoms with Gasteiger partial charge < -0.3 is 42.6 Å². The summed E-state index contributed by atoms with van der Waals surface area (Å²) in [5, 5.41) is 9.25. The maximum atomic E-state index is 7.39. The second kappa shape index (κ2) is 11.4. The highest BCUT2D eigenvalue weighted by molar-refractivity contribution is 6.18. The number of aromatic nitrogens is 2. The first-order valence-corrected chi connectivity index (χ1v) is 17.1. The number of rotatable bonds is 6. The fraction of sp³-hybridized carbons (Fsp3) is 0.190. The standard InChI is InChI=1S/C42H34N2O9/c1-43-37-25(9-7-21-15-31-33(17-27(21)37)51-19-49-31)23-11-13-29(45-3)39(47-5)35(23)41(43)53-42-36-24(12-14-30(46-4)40(36)48-6)26-10-8-22-16-32-34(52-20-50-32)18-28(22)38(26)44(42)2/h7-18H,19-20H2,1-6H3/q+2. The molecule has 11 nitrogen and oxygen atoms in total. The average molecular weight is 711 g/mol. The van der Waals surface area contributed by atoms with Gasteiger partial charge in [-0.05, 0) is 71.4 Å². The van der Waals surface area contributed by atoms with Crippen LogP contribution in [0.5, 0.6) is 57.8 Å². The van der Waals surface area contributed by atoms with Crippen LogP contribution in [0.15, 0.2) is 72.8 Å². The number of methoxy groups -OCH3 is 4. The van der Waals surface area contributed by atoms with Crippen molar-refractivity contribution in [1.82, 2.24) is 0 Å². The van der Waals surface area contributed by atoms with Crippen LogP contribution in [0.2, 0.25) is 0 Å². The molecule has 8 aromatic rings. The van der Waals surface area contributed by atoms with Gasteiger partial charge in [0.05, 0.1) is 50.0 Å². The molecule has 2 aliphatic heterocycles.